The lowest BCUT2D eigenvalue weighted by molar-refractivity contribution is 0.476. The normalized spacial score (nSPS) is 10.4. The predicted octanol–water partition coefficient (Wildman–Crippen LogP) is 2.73. The van der Waals surface area contributed by atoms with Gasteiger partial charge in [-0.1, -0.05) is 24.3 Å². The number of rotatable bonds is 0. The summed E-state index contributed by atoms with van der Waals surface area (Å²) in [7, 11) is 0. The van der Waals surface area contributed by atoms with Gasteiger partial charge in [-0.05, 0) is 35.4 Å². The van der Waals surface area contributed by atoms with E-state index in [-0.39, 0.29) is 0 Å². The van der Waals surface area contributed by atoms with E-state index in [9.17, 15) is 5.11 Å². The van der Waals surface area contributed by atoms with Gasteiger partial charge in [0.25, 0.3) is 0 Å². The SMILES string of the molecule is [CH2]c1cccc2cc(O)ccc12. The number of phenols is 1. The lowest BCUT2D eigenvalue weighted by Crippen LogP contribution is -1.76. The summed E-state index contributed by atoms with van der Waals surface area (Å²) in [4.78, 5) is 0. The van der Waals surface area contributed by atoms with Gasteiger partial charge in [0.15, 0.2) is 0 Å². The summed E-state index contributed by atoms with van der Waals surface area (Å²) in [6.45, 7) is 3.90. The molecular formula is C11H9O. The van der Waals surface area contributed by atoms with Crippen molar-refractivity contribution in [3.05, 3.63) is 48.9 Å². The molecule has 2 rings (SSSR count). The van der Waals surface area contributed by atoms with Crippen molar-refractivity contribution < 1.29 is 5.11 Å². The first-order valence-electron chi connectivity index (χ1n) is 3.81. The zero-order valence-corrected chi connectivity index (χ0v) is 6.62. The van der Waals surface area contributed by atoms with Crippen molar-refractivity contribution in [1.29, 1.82) is 0 Å². The first kappa shape index (κ1) is 7.17. The topological polar surface area (TPSA) is 20.2 Å². The van der Waals surface area contributed by atoms with Crippen LogP contribution >= 0.6 is 0 Å². The molecule has 0 aliphatic carbocycles. The second-order valence-corrected chi connectivity index (χ2v) is 2.82. The van der Waals surface area contributed by atoms with Gasteiger partial charge in [-0.3, -0.25) is 0 Å². The smallest absolute Gasteiger partial charge is 0.116 e. The van der Waals surface area contributed by atoms with Crippen LogP contribution in [0.4, 0.5) is 0 Å². The van der Waals surface area contributed by atoms with E-state index in [1.807, 2.05) is 24.3 Å². The van der Waals surface area contributed by atoms with E-state index >= 15 is 0 Å². The fraction of sp³-hybridized carbons (Fsp3) is 0. The summed E-state index contributed by atoms with van der Waals surface area (Å²) in [5, 5.41) is 11.3. The summed E-state index contributed by atoms with van der Waals surface area (Å²) < 4.78 is 0. The molecule has 1 radical (unpaired) electrons. The second kappa shape index (κ2) is 2.52. The molecule has 0 atom stereocenters. The van der Waals surface area contributed by atoms with Crippen LogP contribution in [0.2, 0.25) is 0 Å². The molecular weight excluding hydrogens is 148 g/mol. The highest BCUT2D eigenvalue weighted by atomic mass is 16.3. The van der Waals surface area contributed by atoms with E-state index in [4.69, 9.17) is 0 Å². The standard InChI is InChI=1S/C11H9O/c1-8-3-2-4-9-7-10(12)5-6-11(8)9/h2-7,12H,1H2. The third-order valence-corrected chi connectivity index (χ3v) is 1.95. The molecule has 0 aliphatic heterocycles. The van der Waals surface area contributed by atoms with Crippen LogP contribution in [0.25, 0.3) is 10.8 Å². The Morgan fingerprint density at radius 2 is 1.92 bits per heavy atom. The summed E-state index contributed by atoms with van der Waals surface area (Å²) in [6.07, 6.45) is 0. The highest BCUT2D eigenvalue weighted by Gasteiger charge is 1.96. The molecule has 1 nitrogen and oxygen atoms in total. The van der Waals surface area contributed by atoms with Crippen molar-refractivity contribution in [3.63, 3.8) is 0 Å². The first-order chi connectivity index (χ1) is 5.77. The van der Waals surface area contributed by atoms with Crippen LogP contribution in [0, 0.1) is 6.92 Å². The maximum atomic E-state index is 9.20. The molecule has 2 aromatic carbocycles. The molecule has 0 heterocycles. The molecule has 0 fully saturated rings. The Morgan fingerprint density at radius 3 is 2.75 bits per heavy atom. The van der Waals surface area contributed by atoms with Gasteiger partial charge in [-0.25, -0.2) is 0 Å². The van der Waals surface area contributed by atoms with Crippen LogP contribution in [-0.2, 0) is 0 Å². The molecule has 1 N–H and O–H groups in total. The molecule has 0 bridgehead atoms. The van der Waals surface area contributed by atoms with E-state index in [1.165, 1.54) is 0 Å². The van der Waals surface area contributed by atoms with E-state index < -0.39 is 0 Å². The van der Waals surface area contributed by atoms with Gasteiger partial charge in [0.2, 0.25) is 0 Å². The Bertz CT molecular complexity index is 418. The monoisotopic (exact) mass is 157 g/mol. The maximum absolute atomic E-state index is 9.20. The minimum atomic E-state index is 0.299. The number of benzene rings is 2. The van der Waals surface area contributed by atoms with Gasteiger partial charge in [-0.2, -0.15) is 0 Å². The van der Waals surface area contributed by atoms with Crippen LogP contribution in [0.1, 0.15) is 5.56 Å². The quantitative estimate of drug-likeness (QED) is 0.623. The number of fused-ring (bicyclic) bond motifs is 1. The molecule has 0 aliphatic rings. The molecule has 0 unspecified atom stereocenters. The van der Waals surface area contributed by atoms with Crippen molar-refractivity contribution in [2.24, 2.45) is 0 Å². The van der Waals surface area contributed by atoms with Crippen molar-refractivity contribution in [3.8, 4) is 5.75 Å². The van der Waals surface area contributed by atoms with Gasteiger partial charge in [0, 0.05) is 0 Å². The molecule has 0 aromatic heterocycles. The minimum Gasteiger partial charge on any atom is -0.508 e. The summed E-state index contributed by atoms with van der Waals surface area (Å²) in [5.41, 5.74) is 0.993. The first-order valence-corrected chi connectivity index (χ1v) is 3.81. The summed E-state index contributed by atoms with van der Waals surface area (Å²) in [6, 6.07) is 11.2. The van der Waals surface area contributed by atoms with Crippen LogP contribution in [0.15, 0.2) is 36.4 Å². The number of hydrogen-bond donors (Lipinski definition) is 1. The predicted molar refractivity (Wildman–Crippen MR) is 50.1 cm³/mol. The third kappa shape index (κ3) is 1.03. The minimum absolute atomic E-state index is 0.299. The highest BCUT2D eigenvalue weighted by Crippen LogP contribution is 2.22. The molecule has 59 valence electrons. The summed E-state index contributed by atoms with van der Waals surface area (Å²) >= 11 is 0. The fourth-order valence-electron chi connectivity index (χ4n) is 1.34. The molecule has 1 heteroatoms. The Morgan fingerprint density at radius 1 is 1.08 bits per heavy atom. The van der Waals surface area contributed by atoms with Gasteiger partial charge < -0.3 is 5.11 Å². The Labute approximate surface area is 71.3 Å². The van der Waals surface area contributed by atoms with Crippen molar-refractivity contribution in [2.75, 3.05) is 0 Å². The van der Waals surface area contributed by atoms with Gasteiger partial charge >= 0.3 is 0 Å². The molecule has 0 amide bonds. The van der Waals surface area contributed by atoms with Crippen molar-refractivity contribution in [1.82, 2.24) is 0 Å². The largest absolute Gasteiger partial charge is 0.508 e. The number of phenolic OH excluding ortho intramolecular Hbond substituents is 1. The Balaban J connectivity index is 2.86. The van der Waals surface area contributed by atoms with Crippen molar-refractivity contribution >= 4 is 10.8 Å². The van der Waals surface area contributed by atoms with Crippen LogP contribution in [0.5, 0.6) is 5.75 Å². The molecule has 0 saturated heterocycles. The van der Waals surface area contributed by atoms with E-state index in [0.29, 0.717) is 5.75 Å². The van der Waals surface area contributed by atoms with Crippen LogP contribution < -0.4 is 0 Å². The third-order valence-electron chi connectivity index (χ3n) is 1.95. The van der Waals surface area contributed by atoms with E-state index in [0.717, 1.165) is 16.3 Å². The molecule has 2 aromatic rings. The average Bonchev–Trinajstić information content (AvgIpc) is 2.04. The lowest BCUT2D eigenvalue weighted by atomic mass is 10.1. The Hall–Kier alpha value is -1.50. The second-order valence-electron chi connectivity index (χ2n) is 2.82. The van der Waals surface area contributed by atoms with E-state index in [2.05, 4.69) is 6.92 Å². The summed E-state index contributed by atoms with van der Waals surface area (Å²) in [5.74, 6) is 0.299. The highest BCUT2D eigenvalue weighted by molar-refractivity contribution is 5.87. The molecule has 0 saturated carbocycles. The lowest BCUT2D eigenvalue weighted by Gasteiger charge is -2.00. The van der Waals surface area contributed by atoms with E-state index in [1.54, 1.807) is 12.1 Å². The number of aromatic hydroxyl groups is 1. The fourth-order valence-corrected chi connectivity index (χ4v) is 1.34. The van der Waals surface area contributed by atoms with Gasteiger partial charge in [0.05, 0.1) is 0 Å². The van der Waals surface area contributed by atoms with Crippen molar-refractivity contribution in [2.45, 2.75) is 0 Å². The van der Waals surface area contributed by atoms with Crippen LogP contribution in [-0.4, -0.2) is 5.11 Å². The zero-order valence-electron chi connectivity index (χ0n) is 6.62. The van der Waals surface area contributed by atoms with Gasteiger partial charge in [-0.15, -0.1) is 0 Å². The zero-order chi connectivity index (χ0) is 8.55. The average molecular weight is 157 g/mol. The molecule has 0 spiro atoms. The maximum Gasteiger partial charge on any atom is 0.116 e. The van der Waals surface area contributed by atoms with Crippen LogP contribution in [0.3, 0.4) is 0 Å². The Kier molecular flexibility index (Phi) is 1.51. The number of hydrogen-bond acceptors (Lipinski definition) is 1. The van der Waals surface area contributed by atoms with Gasteiger partial charge in [0.1, 0.15) is 5.75 Å². The molecule has 12 heavy (non-hydrogen) atoms.